The Hall–Kier alpha value is -1.84. The molecule has 0 aliphatic heterocycles. The van der Waals surface area contributed by atoms with Crippen LogP contribution >= 0.6 is 0 Å². The fourth-order valence-corrected chi connectivity index (χ4v) is 1.84. The molecule has 2 aromatic rings. The second-order valence-corrected chi connectivity index (χ2v) is 4.21. The van der Waals surface area contributed by atoms with Crippen LogP contribution in [-0.2, 0) is 11.2 Å². The van der Waals surface area contributed by atoms with Crippen LogP contribution in [0.2, 0.25) is 0 Å². The Bertz CT molecular complexity index is 528. The molecule has 2 heterocycles. The number of nitrogens with two attached hydrogens (primary N) is 1. The summed E-state index contributed by atoms with van der Waals surface area (Å²) < 4.78 is 2.02. The number of pyridine rings is 1. The van der Waals surface area contributed by atoms with E-state index in [0.29, 0.717) is 5.92 Å². The lowest BCUT2D eigenvalue weighted by molar-refractivity contribution is -0.117. The average molecular weight is 217 g/mol. The van der Waals surface area contributed by atoms with E-state index >= 15 is 0 Å². The molecule has 16 heavy (non-hydrogen) atoms. The SMILES string of the molecule is CC(C)c1cnc2c(CC(N)=O)cccn12. The first-order valence-corrected chi connectivity index (χ1v) is 5.32. The lowest BCUT2D eigenvalue weighted by Crippen LogP contribution is -2.14. The highest BCUT2D eigenvalue weighted by Gasteiger charge is 2.10. The molecule has 2 aromatic heterocycles. The third-order valence-corrected chi connectivity index (χ3v) is 2.60. The van der Waals surface area contributed by atoms with E-state index in [0.717, 1.165) is 16.9 Å². The summed E-state index contributed by atoms with van der Waals surface area (Å²) >= 11 is 0. The summed E-state index contributed by atoms with van der Waals surface area (Å²) in [6.07, 6.45) is 4.05. The molecule has 0 fully saturated rings. The van der Waals surface area contributed by atoms with Gasteiger partial charge in [-0.15, -0.1) is 0 Å². The van der Waals surface area contributed by atoms with Crippen LogP contribution in [0, 0.1) is 0 Å². The molecule has 0 atom stereocenters. The van der Waals surface area contributed by atoms with E-state index < -0.39 is 0 Å². The zero-order valence-corrected chi connectivity index (χ0v) is 9.47. The van der Waals surface area contributed by atoms with Crippen molar-refractivity contribution in [2.45, 2.75) is 26.2 Å². The highest BCUT2D eigenvalue weighted by atomic mass is 16.1. The first-order chi connectivity index (χ1) is 7.59. The summed E-state index contributed by atoms with van der Waals surface area (Å²) in [4.78, 5) is 15.3. The Labute approximate surface area is 94.1 Å². The zero-order chi connectivity index (χ0) is 11.7. The number of imidazole rings is 1. The number of nitrogens with zero attached hydrogens (tertiary/aromatic N) is 2. The van der Waals surface area contributed by atoms with Crippen molar-refractivity contribution in [1.82, 2.24) is 9.38 Å². The van der Waals surface area contributed by atoms with Gasteiger partial charge in [0.1, 0.15) is 5.65 Å². The minimum atomic E-state index is -0.331. The summed E-state index contributed by atoms with van der Waals surface area (Å²) in [6.45, 7) is 4.23. The van der Waals surface area contributed by atoms with Crippen LogP contribution in [0.3, 0.4) is 0 Å². The molecule has 4 heteroatoms. The average Bonchev–Trinajstić information content (AvgIpc) is 2.61. The van der Waals surface area contributed by atoms with Crippen LogP contribution in [0.25, 0.3) is 5.65 Å². The highest BCUT2D eigenvalue weighted by Crippen LogP contribution is 2.18. The molecule has 0 aliphatic rings. The molecule has 0 saturated heterocycles. The number of amides is 1. The van der Waals surface area contributed by atoms with E-state index in [1.165, 1.54) is 0 Å². The van der Waals surface area contributed by atoms with Crippen molar-refractivity contribution in [2.24, 2.45) is 5.73 Å². The second kappa shape index (κ2) is 3.96. The molecule has 2 N–H and O–H groups in total. The van der Waals surface area contributed by atoms with E-state index in [-0.39, 0.29) is 12.3 Å². The lowest BCUT2D eigenvalue weighted by Gasteiger charge is -2.06. The van der Waals surface area contributed by atoms with Gasteiger partial charge in [-0.2, -0.15) is 0 Å². The molecule has 4 nitrogen and oxygen atoms in total. The van der Waals surface area contributed by atoms with Crippen LogP contribution in [0.15, 0.2) is 24.5 Å². The van der Waals surface area contributed by atoms with E-state index in [1.54, 1.807) is 0 Å². The van der Waals surface area contributed by atoms with Crippen LogP contribution in [0.5, 0.6) is 0 Å². The summed E-state index contributed by atoms with van der Waals surface area (Å²) in [5.74, 6) is 0.0704. The van der Waals surface area contributed by atoms with Gasteiger partial charge in [0.15, 0.2) is 0 Å². The quantitative estimate of drug-likeness (QED) is 0.846. The molecule has 84 valence electrons. The maximum Gasteiger partial charge on any atom is 0.221 e. The predicted octanol–water partition coefficient (Wildman–Crippen LogP) is 1.49. The van der Waals surface area contributed by atoms with Crippen LogP contribution in [-0.4, -0.2) is 15.3 Å². The molecular formula is C12H15N3O. The van der Waals surface area contributed by atoms with Gasteiger partial charge in [-0.05, 0) is 12.0 Å². The molecular weight excluding hydrogens is 202 g/mol. The maximum atomic E-state index is 10.9. The van der Waals surface area contributed by atoms with Gasteiger partial charge in [0.2, 0.25) is 5.91 Å². The first kappa shape index (κ1) is 10.7. The van der Waals surface area contributed by atoms with Crippen LogP contribution < -0.4 is 5.73 Å². The van der Waals surface area contributed by atoms with Crippen LogP contribution in [0.4, 0.5) is 0 Å². The van der Waals surface area contributed by atoms with Crippen molar-refractivity contribution >= 4 is 11.6 Å². The molecule has 0 aliphatic carbocycles. The second-order valence-electron chi connectivity index (χ2n) is 4.21. The maximum absolute atomic E-state index is 10.9. The van der Waals surface area contributed by atoms with Crippen molar-refractivity contribution < 1.29 is 4.79 Å². The predicted molar refractivity (Wildman–Crippen MR) is 62.2 cm³/mol. The number of fused-ring (bicyclic) bond motifs is 1. The first-order valence-electron chi connectivity index (χ1n) is 5.32. The molecule has 0 aromatic carbocycles. The molecule has 2 rings (SSSR count). The number of hydrogen-bond acceptors (Lipinski definition) is 2. The van der Waals surface area contributed by atoms with Gasteiger partial charge >= 0.3 is 0 Å². The van der Waals surface area contributed by atoms with Gasteiger partial charge in [-0.25, -0.2) is 4.98 Å². The minimum absolute atomic E-state index is 0.235. The molecule has 0 radical (unpaired) electrons. The normalized spacial score (nSPS) is 11.2. The standard InChI is InChI=1S/C12H15N3O/c1-8(2)10-7-14-12-9(6-11(13)16)4-3-5-15(10)12/h3-5,7-8H,6H2,1-2H3,(H2,13,16). The fourth-order valence-electron chi connectivity index (χ4n) is 1.84. The third kappa shape index (κ3) is 1.78. The Balaban J connectivity index is 2.57. The van der Waals surface area contributed by atoms with Crippen molar-refractivity contribution in [3.05, 3.63) is 35.8 Å². The smallest absolute Gasteiger partial charge is 0.221 e. The summed E-state index contributed by atoms with van der Waals surface area (Å²) in [5, 5.41) is 0. The van der Waals surface area contributed by atoms with Crippen molar-refractivity contribution in [3.8, 4) is 0 Å². The van der Waals surface area contributed by atoms with Gasteiger partial charge < -0.3 is 10.1 Å². The van der Waals surface area contributed by atoms with Crippen molar-refractivity contribution in [3.63, 3.8) is 0 Å². The van der Waals surface area contributed by atoms with Gasteiger partial charge in [0, 0.05) is 23.7 Å². The minimum Gasteiger partial charge on any atom is -0.369 e. The van der Waals surface area contributed by atoms with Gasteiger partial charge in [0.25, 0.3) is 0 Å². The summed E-state index contributed by atoms with van der Waals surface area (Å²) in [5.41, 5.74) is 8.05. The molecule has 0 bridgehead atoms. The largest absolute Gasteiger partial charge is 0.369 e. The summed E-state index contributed by atoms with van der Waals surface area (Å²) in [6, 6.07) is 3.80. The Kier molecular flexibility index (Phi) is 2.64. The number of aromatic nitrogens is 2. The molecule has 0 saturated carbocycles. The Morgan fingerprint density at radius 1 is 1.56 bits per heavy atom. The van der Waals surface area contributed by atoms with E-state index in [1.807, 2.05) is 28.9 Å². The topological polar surface area (TPSA) is 60.4 Å². The Morgan fingerprint density at radius 2 is 2.31 bits per heavy atom. The number of hydrogen-bond donors (Lipinski definition) is 1. The molecule has 1 amide bonds. The highest BCUT2D eigenvalue weighted by molar-refractivity contribution is 5.78. The van der Waals surface area contributed by atoms with Crippen LogP contribution in [0.1, 0.15) is 31.0 Å². The van der Waals surface area contributed by atoms with Gasteiger partial charge in [-0.1, -0.05) is 19.9 Å². The molecule has 0 spiro atoms. The van der Waals surface area contributed by atoms with Gasteiger partial charge in [0.05, 0.1) is 6.42 Å². The Morgan fingerprint density at radius 3 is 2.94 bits per heavy atom. The fraction of sp³-hybridized carbons (Fsp3) is 0.333. The van der Waals surface area contributed by atoms with Gasteiger partial charge in [-0.3, -0.25) is 4.79 Å². The van der Waals surface area contributed by atoms with E-state index in [2.05, 4.69) is 18.8 Å². The summed E-state index contributed by atoms with van der Waals surface area (Å²) in [7, 11) is 0. The number of carbonyl (C=O) groups excluding carboxylic acids is 1. The number of primary amides is 1. The van der Waals surface area contributed by atoms with Crippen molar-refractivity contribution in [1.29, 1.82) is 0 Å². The van der Waals surface area contributed by atoms with E-state index in [9.17, 15) is 4.79 Å². The van der Waals surface area contributed by atoms with Crippen molar-refractivity contribution in [2.75, 3.05) is 0 Å². The monoisotopic (exact) mass is 217 g/mol. The molecule has 0 unspecified atom stereocenters. The van der Waals surface area contributed by atoms with E-state index in [4.69, 9.17) is 5.73 Å². The zero-order valence-electron chi connectivity index (χ0n) is 9.47. The third-order valence-electron chi connectivity index (χ3n) is 2.60. The lowest BCUT2D eigenvalue weighted by atomic mass is 10.1. The number of rotatable bonds is 3. The number of carbonyl (C=O) groups is 1.